The summed E-state index contributed by atoms with van der Waals surface area (Å²) in [5.74, 6) is -1.17. The predicted octanol–water partition coefficient (Wildman–Crippen LogP) is -1.07. The maximum Gasteiger partial charge on any atom is 0.407 e. The summed E-state index contributed by atoms with van der Waals surface area (Å²) >= 11 is 0. The Morgan fingerprint density at radius 3 is 2.38 bits per heavy atom. The summed E-state index contributed by atoms with van der Waals surface area (Å²) in [5, 5.41) is 19.2. The maximum absolute atomic E-state index is 12.2. The number of fused-ring (bicyclic) bond motifs is 2. The second kappa shape index (κ2) is 6.15. The van der Waals surface area contributed by atoms with Gasteiger partial charge in [0.05, 0.1) is 6.04 Å². The zero-order chi connectivity index (χ0) is 17.4. The van der Waals surface area contributed by atoms with E-state index in [0.717, 1.165) is 4.90 Å². The molecule has 24 heavy (non-hydrogen) atoms. The number of carbonyl (C=O) groups excluding carboxylic acids is 3. The molecule has 0 aromatic carbocycles. The minimum Gasteiger partial charge on any atom is -0.465 e. The molecule has 0 aromatic rings. The summed E-state index contributed by atoms with van der Waals surface area (Å²) in [5.41, 5.74) is 4.49. The number of hydroxylamine groups is 2. The SMILES string of the molecule is O=C(NNC(=O)[C@@H]1CC[C@@H]2CN1C(=O)N2O)[C@H]1CCCN1C(=O)O. The van der Waals surface area contributed by atoms with Gasteiger partial charge >= 0.3 is 12.1 Å². The number of urea groups is 1. The summed E-state index contributed by atoms with van der Waals surface area (Å²) in [4.78, 5) is 49.4. The molecule has 5 amide bonds. The van der Waals surface area contributed by atoms with Crippen LogP contribution in [0.1, 0.15) is 25.7 Å². The van der Waals surface area contributed by atoms with E-state index in [1.165, 1.54) is 4.90 Å². The molecule has 3 aliphatic heterocycles. The van der Waals surface area contributed by atoms with Crippen LogP contribution in [0.15, 0.2) is 0 Å². The van der Waals surface area contributed by atoms with Gasteiger partial charge in [-0.2, -0.15) is 0 Å². The van der Waals surface area contributed by atoms with Gasteiger partial charge in [-0.25, -0.2) is 14.7 Å². The van der Waals surface area contributed by atoms with Crippen LogP contribution in [0.2, 0.25) is 0 Å². The monoisotopic (exact) mass is 341 g/mol. The van der Waals surface area contributed by atoms with E-state index in [2.05, 4.69) is 10.9 Å². The molecule has 0 saturated carbocycles. The maximum atomic E-state index is 12.2. The number of rotatable bonds is 2. The van der Waals surface area contributed by atoms with Crippen LogP contribution in [0.4, 0.5) is 9.59 Å². The van der Waals surface area contributed by atoms with Crippen molar-refractivity contribution < 1.29 is 29.5 Å². The highest BCUT2D eigenvalue weighted by molar-refractivity contribution is 5.91. The molecule has 0 spiro atoms. The van der Waals surface area contributed by atoms with E-state index in [0.29, 0.717) is 30.7 Å². The van der Waals surface area contributed by atoms with E-state index < -0.39 is 36.0 Å². The first-order valence-electron chi connectivity index (χ1n) is 7.78. The summed E-state index contributed by atoms with van der Waals surface area (Å²) < 4.78 is 0. The van der Waals surface area contributed by atoms with Crippen molar-refractivity contribution in [1.82, 2.24) is 25.7 Å². The molecular formula is C13H19N5O6. The predicted molar refractivity (Wildman–Crippen MR) is 76.6 cm³/mol. The van der Waals surface area contributed by atoms with Gasteiger partial charge in [-0.05, 0) is 25.7 Å². The molecule has 0 radical (unpaired) electrons. The lowest BCUT2D eigenvalue weighted by Gasteiger charge is -2.29. The molecule has 3 atom stereocenters. The molecule has 0 unspecified atom stereocenters. The minimum atomic E-state index is -1.18. The largest absolute Gasteiger partial charge is 0.465 e. The van der Waals surface area contributed by atoms with E-state index >= 15 is 0 Å². The first kappa shape index (κ1) is 16.3. The first-order valence-corrected chi connectivity index (χ1v) is 7.78. The zero-order valence-electron chi connectivity index (χ0n) is 12.8. The number of hydrazine groups is 1. The third-order valence-corrected chi connectivity index (χ3v) is 4.76. The molecule has 0 aliphatic carbocycles. The average molecular weight is 341 g/mol. The Morgan fingerprint density at radius 2 is 1.71 bits per heavy atom. The number of piperidine rings is 1. The topological polar surface area (TPSA) is 143 Å². The highest BCUT2D eigenvalue weighted by Crippen LogP contribution is 2.28. The van der Waals surface area contributed by atoms with E-state index in [-0.39, 0.29) is 19.1 Å². The van der Waals surface area contributed by atoms with Crippen LogP contribution in [0.3, 0.4) is 0 Å². The third-order valence-electron chi connectivity index (χ3n) is 4.76. The molecule has 11 heteroatoms. The fourth-order valence-corrected chi connectivity index (χ4v) is 3.48. The summed E-state index contributed by atoms with van der Waals surface area (Å²) in [6.07, 6.45) is 0.656. The van der Waals surface area contributed by atoms with Gasteiger partial charge in [-0.3, -0.25) is 30.5 Å². The first-order chi connectivity index (χ1) is 11.4. The van der Waals surface area contributed by atoms with Gasteiger partial charge in [0.25, 0.3) is 11.8 Å². The van der Waals surface area contributed by atoms with Gasteiger partial charge in [0, 0.05) is 13.1 Å². The number of nitrogens with one attached hydrogen (secondary N) is 2. The molecular weight excluding hydrogens is 322 g/mol. The normalized spacial score (nSPS) is 29.0. The van der Waals surface area contributed by atoms with Gasteiger partial charge < -0.3 is 10.0 Å². The molecule has 132 valence electrons. The van der Waals surface area contributed by atoms with E-state index in [1.807, 2.05) is 0 Å². The Hall–Kier alpha value is -2.56. The van der Waals surface area contributed by atoms with Crippen molar-refractivity contribution in [2.45, 2.75) is 43.8 Å². The van der Waals surface area contributed by atoms with Crippen LogP contribution in [0.25, 0.3) is 0 Å². The van der Waals surface area contributed by atoms with Crippen molar-refractivity contribution in [3.8, 4) is 0 Å². The average Bonchev–Trinajstić information content (AvgIpc) is 3.14. The Balaban J connectivity index is 1.55. The number of carboxylic acid groups (broad SMARTS) is 1. The van der Waals surface area contributed by atoms with E-state index in [1.54, 1.807) is 0 Å². The standard InChI is InChI=1S/C13H19N5O6/c19-10(8-2-1-5-16(8)13(22)23)14-15-11(20)9-4-3-7-6-17(9)12(21)18(7)24/h7-9,24H,1-6H2,(H,14,19)(H,15,20)(H,22,23)/t7-,8-,9+/m1/s1. The van der Waals surface area contributed by atoms with Crippen LogP contribution in [0, 0.1) is 0 Å². The highest BCUT2D eigenvalue weighted by atomic mass is 16.5. The molecule has 3 rings (SSSR count). The Kier molecular flexibility index (Phi) is 4.18. The second-order valence-electron chi connectivity index (χ2n) is 6.14. The van der Waals surface area contributed by atoms with Crippen LogP contribution in [-0.4, -0.2) is 80.3 Å². The van der Waals surface area contributed by atoms with Crippen molar-refractivity contribution in [3.63, 3.8) is 0 Å². The van der Waals surface area contributed by atoms with Crippen molar-refractivity contribution in [2.75, 3.05) is 13.1 Å². The number of hydrogen-bond donors (Lipinski definition) is 4. The Morgan fingerprint density at radius 1 is 1.04 bits per heavy atom. The van der Waals surface area contributed by atoms with Crippen molar-refractivity contribution in [2.24, 2.45) is 0 Å². The smallest absolute Gasteiger partial charge is 0.407 e. The quantitative estimate of drug-likeness (QED) is 0.372. The summed E-state index contributed by atoms with van der Waals surface area (Å²) in [6.45, 7) is 0.538. The molecule has 3 heterocycles. The lowest BCUT2D eigenvalue weighted by molar-refractivity contribution is -0.133. The highest BCUT2D eigenvalue weighted by Gasteiger charge is 2.47. The third kappa shape index (κ3) is 2.70. The Labute approximate surface area is 137 Å². The number of nitrogens with zero attached hydrogens (tertiary/aromatic N) is 3. The zero-order valence-corrected chi connectivity index (χ0v) is 12.8. The molecule has 11 nitrogen and oxygen atoms in total. The van der Waals surface area contributed by atoms with Gasteiger partial charge in [0.1, 0.15) is 12.1 Å². The summed E-state index contributed by atoms with van der Waals surface area (Å²) in [6, 6.07) is -2.54. The lowest BCUT2D eigenvalue weighted by Crippen LogP contribution is -2.57. The fourth-order valence-electron chi connectivity index (χ4n) is 3.48. The number of hydrogen-bond acceptors (Lipinski definition) is 5. The van der Waals surface area contributed by atoms with Crippen molar-refractivity contribution >= 4 is 23.9 Å². The van der Waals surface area contributed by atoms with Crippen LogP contribution < -0.4 is 10.9 Å². The molecule has 2 bridgehead atoms. The molecule has 3 saturated heterocycles. The van der Waals surface area contributed by atoms with Crippen molar-refractivity contribution in [3.05, 3.63) is 0 Å². The van der Waals surface area contributed by atoms with Crippen LogP contribution >= 0.6 is 0 Å². The second-order valence-corrected chi connectivity index (χ2v) is 6.14. The molecule has 3 aliphatic rings. The number of amides is 5. The number of carbonyl (C=O) groups is 4. The molecule has 0 aromatic heterocycles. The van der Waals surface area contributed by atoms with Crippen LogP contribution in [0.5, 0.6) is 0 Å². The van der Waals surface area contributed by atoms with E-state index in [4.69, 9.17) is 5.11 Å². The van der Waals surface area contributed by atoms with Gasteiger partial charge in [0.2, 0.25) is 0 Å². The molecule has 3 fully saturated rings. The van der Waals surface area contributed by atoms with Crippen LogP contribution in [-0.2, 0) is 9.59 Å². The minimum absolute atomic E-state index is 0.261. The fraction of sp³-hybridized carbons (Fsp3) is 0.692. The van der Waals surface area contributed by atoms with Gasteiger partial charge in [-0.15, -0.1) is 0 Å². The van der Waals surface area contributed by atoms with Gasteiger partial charge in [0.15, 0.2) is 0 Å². The summed E-state index contributed by atoms with van der Waals surface area (Å²) in [7, 11) is 0. The van der Waals surface area contributed by atoms with E-state index in [9.17, 15) is 24.4 Å². The number of likely N-dealkylation sites (tertiary alicyclic amines) is 1. The lowest BCUT2D eigenvalue weighted by atomic mass is 10.0. The Bertz CT molecular complexity index is 583. The van der Waals surface area contributed by atoms with Crippen molar-refractivity contribution in [1.29, 1.82) is 0 Å². The molecule has 4 N–H and O–H groups in total. The van der Waals surface area contributed by atoms with Gasteiger partial charge in [-0.1, -0.05) is 0 Å².